The molecule has 2 heterocycles. The highest BCUT2D eigenvalue weighted by atomic mass is 79.9. The number of benzene rings is 3. The number of halogens is 1. The second kappa shape index (κ2) is 8.87. The molecule has 0 radical (unpaired) electrons. The summed E-state index contributed by atoms with van der Waals surface area (Å²) in [5, 5.41) is 16.8. The van der Waals surface area contributed by atoms with Gasteiger partial charge < -0.3 is 9.47 Å². The first kappa shape index (κ1) is 20.9. The van der Waals surface area contributed by atoms with E-state index in [0.29, 0.717) is 36.1 Å². The van der Waals surface area contributed by atoms with Crippen LogP contribution in [0.4, 0.5) is 11.5 Å². The number of nitro groups is 1. The van der Waals surface area contributed by atoms with Crippen molar-refractivity contribution >= 4 is 44.6 Å². The second-order valence-corrected chi connectivity index (χ2v) is 8.19. The van der Waals surface area contributed by atoms with Crippen LogP contribution < -0.4 is 14.9 Å². The third kappa shape index (κ3) is 4.35. The van der Waals surface area contributed by atoms with Crippen LogP contribution in [0, 0.1) is 10.1 Å². The van der Waals surface area contributed by atoms with E-state index in [2.05, 4.69) is 26.5 Å². The zero-order valence-corrected chi connectivity index (χ0v) is 18.8. The molecule has 0 aliphatic carbocycles. The molecule has 0 unspecified atom stereocenters. The van der Waals surface area contributed by atoms with Crippen LogP contribution in [-0.2, 0) is 0 Å². The molecule has 1 N–H and O–H groups in total. The van der Waals surface area contributed by atoms with Crippen molar-refractivity contribution in [2.24, 2.45) is 5.10 Å². The minimum atomic E-state index is -0.471. The maximum atomic E-state index is 11.6. The van der Waals surface area contributed by atoms with Gasteiger partial charge in [-0.15, -0.1) is 0 Å². The van der Waals surface area contributed by atoms with E-state index in [1.807, 2.05) is 54.6 Å². The van der Waals surface area contributed by atoms with Gasteiger partial charge in [0.2, 0.25) is 0 Å². The fourth-order valence-corrected chi connectivity index (χ4v) is 3.97. The molecule has 0 fully saturated rings. The first-order valence-electron chi connectivity index (χ1n) is 10.1. The van der Waals surface area contributed by atoms with Crippen LogP contribution in [0.1, 0.15) is 5.56 Å². The Morgan fingerprint density at radius 2 is 1.79 bits per heavy atom. The molecule has 164 valence electrons. The Kier molecular flexibility index (Phi) is 5.62. The number of hydrogen-bond acceptors (Lipinski definition) is 7. The van der Waals surface area contributed by atoms with Crippen molar-refractivity contribution in [3.05, 3.63) is 86.9 Å². The SMILES string of the molecule is O=[N+]([O-])c1cc2c(cc1C=NNc1nc3ccc(Br)cc3cc1-c1ccccc1)OCCO2. The molecule has 4 aromatic rings. The minimum Gasteiger partial charge on any atom is -0.486 e. The zero-order chi connectivity index (χ0) is 22.8. The molecule has 8 nitrogen and oxygen atoms in total. The molecule has 0 amide bonds. The fraction of sp³-hybridized carbons (Fsp3) is 0.0833. The summed E-state index contributed by atoms with van der Waals surface area (Å²) in [6.45, 7) is 0.739. The molecule has 5 rings (SSSR count). The van der Waals surface area contributed by atoms with Gasteiger partial charge in [-0.2, -0.15) is 5.10 Å². The maximum absolute atomic E-state index is 11.6. The predicted octanol–water partition coefficient (Wildman–Crippen LogP) is 5.79. The average molecular weight is 505 g/mol. The molecule has 3 aromatic carbocycles. The summed E-state index contributed by atoms with van der Waals surface area (Å²) < 4.78 is 12.0. The van der Waals surface area contributed by atoms with Crippen LogP contribution in [0.3, 0.4) is 0 Å². The molecule has 0 spiro atoms. The third-order valence-electron chi connectivity index (χ3n) is 5.12. The number of pyridine rings is 1. The smallest absolute Gasteiger partial charge is 0.282 e. The van der Waals surface area contributed by atoms with Gasteiger partial charge in [-0.05, 0) is 35.9 Å². The lowest BCUT2D eigenvalue weighted by molar-refractivity contribution is -0.385. The summed E-state index contributed by atoms with van der Waals surface area (Å²) >= 11 is 3.50. The van der Waals surface area contributed by atoms with Crippen molar-refractivity contribution in [1.29, 1.82) is 0 Å². The topological polar surface area (TPSA) is 98.9 Å². The summed E-state index contributed by atoms with van der Waals surface area (Å²) in [6, 6.07) is 20.6. The average Bonchev–Trinajstić information content (AvgIpc) is 2.83. The van der Waals surface area contributed by atoms with E-state index >= 15 is 0 Å². The number of anilines is 1. The third-order valence-corrected chi connectivity index (χ3v) is 5.62. The molecule has 0 atom stereocenters. The molecule has 0 bridgehead atoms. The highest BCUT2D eigenvalue weighted by Gasteiger charge is 2.21. The minimum absolute atomic E-state index is 0.121. The summed E-state index contributed by atoms with van der Waals surface area (Å²) in [6.07, 6.45) is 1.39. The highest BCUT2D eigenvalue weighted by molar-refractivity contribution is 9.10. The van der Waals surface area contributed by atoms with Gasteiger partial charge in [0.1, 0.15) is 13.2 Å². The maximum Gasteiger partial charge on any atom is 0.282 e. The predicted molar refractivity (Wildman–Crippen MR) is 130 cm³/mol. The Bertz CT molecular complexity index is 1390. The quantitative estimate of drug-likeness (QED) is 0.210. The van der Waals surface area contributed by atoms with Crippen LogP contribution in [0.2, 0.25) is 0 Å². The van der Waals surface area contributed by atoms with Gasteiger partial charge >= 0.3 is 0 Å². The van der Waals surface area contributed by atoms with E-state index in [0.717, 1.165) is 26.5 Å². The standard InChI is InChI=1S/C24H17BrN4O4/c25-18-6-7-20-16(10-18)11-19(15-4-2-1-3-5-15)24(27-20)28-26-14-17-12-22-23(33-9-8-32-22)13-21(17)29(30)31/h1-7,10-14H,8-9H2,(H,27,28). The van der Waals surface area contributed by atoms with Gasteiger partial charge in [0.25, 0.3) is 5.69 Å². The van der Waals surface area contributed by atoms with Gasteiger partial charge in [-0.1, -0.05) is 46.3 Å². The van der Waals surface area contributed by atoms with Crippen LogP contribution >= 0.6 is 15.9 Å². The van der Waals surface area contributed by atoms with E-state index < -0.39 is 4.92 Å². The summed E-state index contributed by atoms with van der Waals surface area (Å²) in [4.78, 5) is 15.8. The molecule has 1 aromatic heterocycles. The van der Waals surface area contributed by atoms with Crippen molar-refractivity contribution in [3.8, 4) is 22.6 Å². The van der Waals surface area contributed by atoms with Gasteiger partial charge in [-0.25, -0.2) is 4.98 Å². The first-order chi connectivity index (χ1) is 16.1. The number of nitro benzene ring substituents is 1. The lowest BCUT2D eigenvalue weighted by Gasteiger charge is -2.18. The number of nitrogens with one attached hydrogen (secondary N) is 1. The Morgan fingerprint density at radius 3 is 2.55 bits per heavy atom. The van der Waals surface area contributed by atoms with Gasteiger partial charge in [0.15, 0.2) is 17.3 Å². The number of ether oxygens (including phenoxy) is 2. The number of aromatic nitrogens is 1. The van der Waals surface area contributed by atoms with E-state index in [9.17, 15) is 10.1 Å². The Labute approximate surface area is 197 Å². The van der Waals surface area contributed by atoms with Crippen molar-refractivity contribution in [3.63, 3.8) is 0 Å². The summed E-state index contributed by atoms with van der Waals surface area (Å²) in [5.74, 6) is 1.34. The number of hydrogen-bond donors (Lipinski definition) is 1. The number of nitrogens with zero attached hydrogens (tertiary/aromatic N) is 3. The van der Waals surface area contributed by atoms with Crippen molar-refractivity contribution < 1.29 is 14.4 Å². The summed E-state index contributed by atoms with van der Waals surface area (Å²) in [7, 11) is 0. The van der Waals surface area contributed by atoms with Crippen LogP contribution in [0.15, 0.2) is 76.3 Å². The molecule has 0 saturated heterocycles. The largest absolute Gasteiger partial charge is 0.486 e. The van der Waals surface area contributed by atoms with E-state index in [-0.39, 0.29) is 5.69 Å². The molecule has 0 saturated carbocycles. The van der Waals surface area contributed by atoms with Crippen LogP contribution in [0.5, 0.6) is 11.5 Å². The Balaban J connectivity index is 1.53. The molecule has 33 heavy (non-hydrogen) atoms. The van der Waals surface area contributed by atoms with Crippen molar-refractivity contribution in [2.75, 3.05) is 18.6 Å². The molecule has 9 heteroatoms. The van der Waals surface area contributed by atoms with E-state index in [1.54, 1.807) is 6.07 Å². The van der Waals surface area contributed by atoms with Gasteiger partial charge in [0.05, 0.1) is 28.3 Å². The molecule has 1 aliphatic rings. The zero-order valence-electron chi connectivity index (χ0n) is 17.2. The Morgan fingerprint density at radius 1 is 1.03 bits per heavy atom. The van der Waals surface area contributed by atoms with Gasteiger partial charge in [-0.3, -0.25) is 15.5 Å². The normalized spacial score (nSPS) is 12.8. The lowest BCUT2D eigenvalue weighted by atomic mass is 10.0. The Hall–Kier alpha value is -3.98. The molecular weight excluding hydrogens is 488 g/mol. The fourth-order valence-electron chi connectivity index (χ4n) is 3.59. The van der Waals surface area contributed by atoms with Crippen LogP contribution in [-0.4, -0.2) is 29.3 Å². The number of fused-ring (bicyclic) bond motifs is 2. The monoisotopic (exact) mass is 504 g/mol. The molecular formula is C24H17BrN4O4. The second-order valence-electron chi connectivity index (χ2n) is 7.27. The number of rotatable bonds is 5. The summed E-state index contributed by atoms with van der Waals surface area (Å²) in [5.41, 5.74) is 5.75. The van der Waals surface area contributed by atoms with Gasteiger partial charge in [0, 0.05) is 15.4 Å². The van der Waals surface area contributed by atoms with Crippen LogP contribution in [0.25, 0.3) is 22.0 Å². The lowest BCUT2D eigenvalue weighted by Crippen LogP contribution is -2.16. The number of hydrazone groups is 1. The van der Waals surface area contributed by atoms with Crippen molar-refractivity contribution in [2.45, 2.75) is 0 Å². The first-order valence-corrected chi connectivity index (χ1v) is 10.9. The van der Waals surface area contributed by atoms with E-state index in [4.69, 9.17) is 14.5 Å². The van der Waals surface area contributed by atoms with Crippen molar-refractivity contribution in [1.82, 2.24) is 4.98 Å². The molecule has 1 aliphatic heterocycles. The van der Waals surface area contributed by atoms with E-state index in [1.165, 1.54) is 12.3 Å². The highest BCUT2D eigenvalue weighted by Crippen LogP contribution is 2.36.